The highest BCUT2D eigenvalue weighted by Crippen LogP contribution is 2.43. The molecule has 0 N–H and O–H groups in total. The van der Waals surface area contributed by atoms with Gasteiger partial charge in [-0.25, -0.2) is 4.98 Å². The molecule has 6 nitrogen and oxygen atoms in total. The molecule has 0 radical (unpaired) electrons. The van der Waals surface area contributed by atoms with Crippen molar-refractivity contribution in [3.05, 3.63) is 70.6 Å². The van der Waals surface area contributed by atoms with Crippen LogP contribution in [0.3, 0.4) is 0 Å². The van der Waals surface area contributed by atoms with Crippen LogP contribution in [0, 0.1) is 0 Å². The first-order valence-corrected chi connectivity index (χ1v) is 13.2. The second-order valence-corrected chi connectivity index (χ2v) is 9.30. The average molecular weight is 520 g/mol. The van der Waals surface area contributed by atoms with Crippen molar-refractivity contribution >= 4 is 22.4 Å². The van der Waals surface area contributed by atoms with Gasteiger partial charge in [-0.05, 0) is 56.2 Å². The normalized spacial score (nSPS) is 12.1. The molecule has 7 heteroatoms. The van der Waals surface area contributed by atoms with Gasteiger partial charge in [0.2, 0.25) is 5.69 Å². The molecular weight excluding hydrogens is 488 g/mol. The van der Waals surface area contributed by atoms with Crippen molar-refractivity contribution in [3.63, 3.8) is 0 Å². The molecule has 192 valence electrons. The molecule has 0 spiro atoms. The number of methoxy groups -OCH3 is 1. The highest BCUT2D eigenvalue weighted by Gasteiger charge is 2.31. The van der Waals surface area contributed by atoms with E-state index in [1.807, 2.05) is 26.0 Å². The summed E-state index contributed by atoms with van der Waals surface area (Å²) in [5.41, 5.74) is 5.90. The predicted molar refractivity (Wildman–Crippen MR) is 145 cm³/mol. The van der Waals surface area contributed by atoms with Gasteiger partial charge < -0.3 is 18.9 Å². The van der Waals surface area contributed by atoms with Crippen LogP contribution in [0.1, 0.15) is 37.5 Å². The van der Waals surface area contributed by atoms with Crippen molar-refractivity contribution in [1.29, 1.82) is 0 Å². The van der Waals surface area contributed by atoms with Crippen LogP contribution in [0.2, 0.25) is 5.15 Å². The molecule has 2 aromatic heterocycles. The highest BCUT2D eigenvalue weighted by atomic mass is 35.5. The van der Waals surface area contributed by atoms with Crippen LogP contribution < -0.4 is 23.5 Å². The van der Waals surface area contributed by atoms with Gasteiger partial charge in [-0.15, -0.1) is 0 Å². The Labute approximate surface area is 222 Å². The number of halogens is 1. The smallest absolute Gasteiger partial charge is 0.216 e. The minimum Gasteiger partial charge on any atom is -0.493 e. The minimum absolute atomic E-state index is 0.365. The number of hydrogen-bond donors (Lipinski definition) is 0. The zero-order valence-electron chi connectivity index (χ0n) is 21.8. The van der Waals surface area contributed by atoms with Gasteiger partial charge >= 0.3 is 0 Å². The maximum absolute atomic E-state index is 6.36. The summed E-state index contributed by atoms with van der Waals surface area (Å²) in [6.45, 7) is 8.61. The van der Waals surface area contributed by atoms with E-state index in [2.05, 4.69) is 40.9 Å². The Morgan fingerprint density at radius 2 is 1.70 bits per heavy atom. The lowest BCUT2D eigenvalue weighted by Gasteiger charge is -2.22. The van der Waals surface area contributed by atoms with E-state index in [-0.39, 0.29) is 0 Å². The van der Waals surface area contributed by atoms with E-state index < -0.39 is 0 Å². The van der Waals surface area contributed by atoms with E-state index in [0.29, 0.717) is 30.7 Å². The second-order valence-electron chi connectivity index (χ2n) is 8.91. The summed E-state index contributed by atoms with van der Waals surface area (Å²) in [7, 11) is 1.67. The summed E-state index contributed by atoms with van der Waals surface area (Å²) in [4.78, 5) is 4.17. The van der Waals surface area contributed by atoms with Crippen LogP contribution >= 0.6 is 11.6 Å². The van der Waals surface area contributed by atoms with Crippen molar-refractivity contribution in [3.8, 4) is 34.3 Å². The Kier molecular flexibility index (Phi) is 7.38. The molecule has 37 heavy (non-hydrogen) atoms. The van der Waals surface area contributed by atoms with Gasteiger partial charge in [0.25, 0.3) is 0 Å². The fourth-order valence-corrected chi connectivity index (χ4v) is 5.22. The molecule has 0 saturated heterocycles. The molecule has 0 bridgehead atoms. The van der Waals surface area contributed by atoms with Crippen LogP contribution in [-0.2, 0) is 26.0 Å². The van der Waals surface area contributed by atoms with Crippen LogP contribution in [0.15, 0.2) is 48.8 Å². The summed E-state index contributed by atoms with van der Waals surface area (Å²) >= 11 is 5.95. The Bertz CT molecular complexity index is 1440. The number of benzene rings is 2. The van der Waals surface area contributed by atoms with Gasteiger partial charge in [0.15, 0.2) is 35.7 Å². The van der Waals surface area contributed by atoms with E-state index in [0.717, 1.165) is 53.0 Å². The predicted octanol–water partition coefficient (Wildman–Crippen LogP) is 6.35. The third kappa shape index (κ3) is 4.78. The number of fused-ring (bicyclic) bond motifs is 4. The van der Waals surface area contributed by atoms with E-state index in [9.17, 15) is 0 Å². The molecule has 0 unspecified atom stereocenters. The highest BCUT2D eigenvalue weighted by molar-refractivity contribution is 6.29. The van der Waals surface area contributed by atoms with Crippen LogP contribution in [0.25, 0.3) is 22.0 Å². The van der Waals surface area contributed by atoms with Gasteiger partial charge in [-0.3, -0.25) is 0 Å². The number of nitrogens with zero attached hydrogens (tertiary/aromatic N) is 2. The summed E-state index contributed by atoms with van der Waals surface area (Å²) in [6.07, 6.45) is 5.71. The molecule has 0 aliphatic carbocycles. The van der Waals surface area contributed by atoms with E-state index in [1.54, 1.807) is 19.4 Å². The molecule has 0 fully saturated rings. The van der Waals surface area contributed by atoms with Crippen molar-refractivity contribution in [2.24, 2.45) is 0 Å². The molecule has 0 saturated carbocycles. The molecule has 5 rings (SSSR count). The van der Waals surface area contributed by atoms with Crippen LogP contribution in [0.5, 0.6) is 23.0 Å². The number of ether oxygens (including phenoxy) is 4. The maximum atomic E-state index is 6.36. The number of hydrogen-bond acceptors (Lipinski definition) is 5. The minimum atomic E-state index is 0.365. The standard InChI is InChI=1S/C30H32ClN2O4/c1-5-21-22-9-10-25(34-4)30(37-18-19-8-11-28(31)32-16-19)24(22)17-33-13-12-20-14-26(35-6-2)27(36-7-3)15-23(20)29(21)33/h8-11,14-17H,5-7,12-13,18H2,1-4H3/q+1. The molecule has 4 aromatic rings. The summed E-state index contributed by atoms with van der Waals surface area (Å²) in [6, 6.07) is 12.1. The lowest BCUT2D eigenvalue weighted by molar-refractivity contribution is -0.686. The topological polar surface area (TPSA) is 53.7 Å². The van der Waals surface area contributed by atoms with Crippen molar-refractivity contribution in [2.75, 3.05) is 20.3 Å². The second kappa shape index (κ2) is 10.9. The van der Waals surface area contributed by atoms with Crippen LogP contribution in [-0.4, -0.2) is 25.3 Å². The van der Waals surface area contributed by atoms with Crippen molar-refractivity contribution in [1.82, 2.24) is 4.98 Å². The largest absolute Gasteiger partial charge is 0.493 e. The molecule has 3 heterocycles. The fraction of sp³-hybridized carbons (Fsp3) is 0.333. The monoisotopic (exact) mass is 519 g/mol. The molecule has 0 amide bonds. The molecular formula is C30H32ClN2O4+. The van der Waals surface area contributed by atoms with Gasteiger partial charge in [0, 0.05) is 29.1 Å². The molecule has 1 aliphatic heterocycles. The van der Waals surface area contributed by atoms with Gasteiger partial charge in [-0.1, -0.05) is 24.6 Å². The zero-order chi connectivity index (χ0) is 25.9. The zero-order valence-corrected chi connectivity index (χ0v) is 22.5. The fourth-order valence-electron chi connectivity index (χ4n) is 5.11. The number of rotatable bonds is 9. The van der Waals surface area contributed by atoms with Gasteiger partial charge in [0.05, 0.1) is 31.3 Å². The first-order chi connectivity index (χ1) is 18.1. The third-order valence-corrected chi connectivity index (χ3v) is 6.96. The maximum Gasteiger partial charge on any atom is 0.216 e. The lowest BCUT2D eigenvalue weighted by Crippen LogP contribution is -2.41. The van der Waals surface area contributed by atoms with E-state index >= 15 is 0 Å². The third-order valence-electron chi connectivity index (χ3n) is 6.73. The average Bonchev–Trinajstić information content (AvgIpc) is 2.91. The summed E-state index contributed by atoms with van der Waals surface area (Å²) in [5, 5.41) is 2.64. The Balaban J connectivity index is 1.66. The molecule has 2 aromatic carbocycles. The summed E-state index contributed by atoms with van der Waals surface area (Å²) in [5.74, 6) is 3.03. The Morgan fingerprint density at radius 3 is 2.38 bits per heavy atom. The Morgan fingerprint density at radius 1 is 0.919 bits per heavy atom. The summed E-state index contributed by atoms with van der Waals surface area (Å²) < 4.78 is 26.3. The first-order valence-electron chi connectivity index (χ1n) is 12.8. The lowest BCUT2D eigenvalue weighted by atomic mass is 9.90. The van der Waals surface area contributed by atoms with Gasteiger partial charge in [0.1, 0.15) is 11.8 Å². The quantitative estimate of drug-likeness (QED) is 0.190. The SMILES string of the molecule is CCOc1cc2c(cc1OCC)-c1c(CC)c3ccc(OC)c(OCc4ccc(Cl)nc4)c3c[n+]1CC2. The first kappa shape index (κ1) is 25.2. The number of aryl methyl sites for hydroxylation is 3. The van der Waals surface area contributed by atoms with Crippen molar-refractivity contribution in [2.45, 2.75) is 46.8 Å². The van der Waals surface area contributed by atoms with E-state index in [1.165, 1.54) is 22.4 Å². The van der Waals surface area contributed by atoms with Crippen molar-refractivity contribution < 1.29 is 23.5 Å². The van der Waals surface area contributed by atoms with Gasteiger partial charge in [-0.2, -0.15) is 4.57 Å². The number of pyridine rings is 2. The molecule has 1 aliphatic rings. The number of aromatic nitrogens is 2. The molecule has 0 atom stereocenters. The Hall–Kier alpha value is -3.51. The van der Waals surface area contributed by atoms with E-state index in [4.69, 9.17) is 30.5 Å². The van der Waals surface area contributed by atoms with Crippen LogP contribution in [0.4, 0.5) is 0 Å².